The second-order valence-corrected chi connectivity index (χ2v) is 7.23. The van der Waals surface area contributed by atoms with Gasteiger partial charge in [0.1, 0.15) is 5.75 Å². The van der Waals surface area contributed by atoms with E-state index in [1.54, 1.807) is 18.2 Å². The first-order chi connectivity index (χ1) is 12.6. The number of carbonyl (C=O) groups excluding carboxylic acids is 1. The van der Waals surface area contributed by atoms with E-state index >= 15 is 0 Å². The summed E-state index contributed by atoms with van der Waals surface area (Å²) in [7, 11) is 1.50. The lowest BCUT2D eigenvalue weighted by atomic mass is 10.2. The minimum Gasteiger partial charge on any atom is -0.496 e. The summed E-state index contributed by atoms with van der Waals surface area (Å²) in [4.78, 5) is 18.8. The number of benzene rings is 1. The summed E-state index contributed by atoms with van der Waals surface area (Å²) in [6.45, 7) is 1.83. The van der Waals surface area contributed by atoms with Crippen LogP contribution in [0.25, 0.3) is 0 Å². The molecule has 3 rings (SSSR count). The first kappa shape index (κ1) is 18.6. The van der Waals surface area contributed by atoms with Crippen molar-refractivity contribution in [2.24, 2.45) is 4.99 Å². The summed E-state index contributed by atoms with van der Waals surface area (Å²) in [6.07, 6.45) is 1.95. The Morgan fingerprint density at radius 3 is 3.15 bits per heavy atom. The van der Waals surface area contributed by atoms with Crippen LogP contribution in [-0.4, -0.2) is 24.2 Å². The summed E-state index contributed by atoms with van der Waals surface area (Å²) >= 11 is 7.47. The largest absolute Gasteiger partial charge is 0.496 e. The molecule has 0 saturated heterocycles. The molecule has 0 N–H and O–H groups in total. The average Bonchev–Trinajstić information content (AvgIpc) is 2.99. The third-order valence-electron chi connectivity index (χ3n) is 4.07. The molecule has 2 aromatic rings. The van der Waals surface area contributed by atoms with Crippen LogP contribution >= 0.6 is 22.9 Å². The minimum absolute atomic E-state index is 0.325. The number of thiazole rings is 1. The fourth-order valence-corrected chi connectivity index (χ4v) is 4.14. The Labute approximate surface area is 160 Å². The Balaban J connectivity index is 2.02. The summed E-state index contributed by atoms with van der Waals surface area (Å²) < 4.78 is 12.8. The van der Waals surface area contributed by atoms with Crippen LogP contribution in [0.1, 0.15) is 33.8 Å². The van der Waals surface area contributed by atoms with Gasteiger partial charge < -0.3 is 14.0 Å². The molecule has 1 aliphatic rings. The molecule has 1 aromatic carbocycles. The van der Waals surface area contributed by atoms with Crippen LogP contribution < -0.4 is 9.54 Å². The molecular weight excluding hydrogens is 374 g/mol. The number of nitrogens with zero attached hydrogens (tertiary/aromatic N) is 3. The van der Waals surface area contributed by atoms with Crippen LogP contribution in [0.3, 0.4) is 0 Å². The molecule has 0 unspecified atom stereocenters. The topological polar surface area (TPSA) is 76.6 Å². The van der Waals surface area contributed by atoms with E-state index in [9.17, 15) is 4.79 Å². The lowest BCUT2D eigenvalue weighted by Gasteiger charge is -2.14. The van der Waals surface area contributed by atoms with Crippen LogP contribution in [0, 0.1) is 11.3 Å². The van der Waals surface area contributed by atoms with Gasteiger partial charge in [0.2, 0.25) is 0 Å². The second kappa shape index (κ2) is 8.49. The van der Waals surface area contributed by atoms with Gasteiger partial charge >= 0.3 is 0 Å². The number of methoxy groups -OCH3 is 1. The molecule has 1 aliphatic heterocycles. The number of ether oxygens (including phenoxy) is 2. The maximum absolute atomic E-state index is 12.7. The Morgan fingerprint density at radius 1 is 1.54 bits per heavy atom. The third-order valence-corrected chi connectivity index (χ3v) is 5.40. The van der Waals surface area contributed by atoms with E-state index in [1.807, 2.05) is 4.57 Å². The predicted octanol–water partition coefficient (Wildman–Crippen LogP) is 3.33. The molecule has 0 aliphatic carbocycles. The van der Waals surface area contributed by atoms with E-state index in [0.717, 1.165) is 17.0 Å². The first-order valence-electron chi connectivity index (χ1n) is 8.22. The first-order valence-corrected chi connectivity index (χ1v) is 9.42. The summed E-state index contributed by atoms with van der Waals surface area (Å²) in [5.74, 6) is 0.0294. The number of amides is 1. The zero-order valence-electron chi connectivity index (χ0n) is 14.3. The molecule has 0 fully saturated rings. The van der Waals surface area contributed by atoms with Crippen LogP contribution in [-0.2, 0) is 24.3 Å². The molecule has 0 radical (unpaired) electrons. The Hall–Kier alpha value is -2.14. The highest BCUT2D eigenvalue weighted by Crippen LogP contribution is 2.24. The van der Waals surface area contributed by atoms with Gasteiger partial charge in [0, 0.05) is 30.1 Å². The third kappa shape index (κ3) is 3.98. The van der Waals surface area contributed by atoms with Gasteiger partial charge in [0.05, 0.1) is 36.8 Å². The SMILES string of the molecule is COc1ccc(Cl)cc1C(=O)/N=c1\sc2c(n1CCCC#N)CCOC2. The Morgan fingerprint density at radius 2 is 2.38 bits per heavy atom. The Bertz CT molecular complexity index is 927. The summed E-state index contributed by atoms with van der Waals surface area (Å²) in [5, 5.41) is 9.25. The van der Waals surface area contributed by atoms with E-state index in [2.05, 4.69) is 11.1 Å². The summed E-state index contributed by atoms with van der Waals surface area (Å²) in [5.41, 5.74) is 1.47. The molecule has 0 saturated carbocycles. The lowest BCUT2D eigenvalue weighted by Crippen LogP contribution is -2.21. The number of halogens is 1. The number of aromatic nitrogens is 1. The van der Waals surface area contributed by atoms with Gasteiger partial charge in [0.25, 0.3) is 5.91 Å². The van der Waals surface area contributed by atoms with Gasteiger partial charge in [0.15, 0.2) is 4.80 Å². The maximum Gasteiger partial charge on any atom is 0.283 e. The van der Waals surface area contributed by atoms with Crippen molar-refractivity contribution in [1.82, 2.24) is 4.57 Å². The van der Waals surface area contributed by atoms with E-state index < -0.39 is 5.91 Å². The van der Waals surface area contributed by atoms with Gasteiger partial charge in [-0.2, -0.15) is 10.3 Å². The zero-order valence-corrected chi connectivity index (χ0v) is 15.9. The van der Waals surface area contributed by atoms with Crippen LogP contribution in [0.4, 0.5) is 0 Å². The molecular formula is C18H18ClN3O3S. The van der Waals surface area contributed by atoms with Crippen molar-refractivity contribution in [3.63, 3.8) is 0 Å². The van der Waals surface area contributed by atoms with E-state index in [1.165, 1.54) is 18.4 Å². The van der Waals surface area contributed by atoms with E-state index in [-0.39, 0.29) is 0 Å². The zero-order chi connectivity index (χ0) is 18.5. The molecule has 136 valence electrons. The standard InChI is InChI=1S/C18H18ClN3O3S/c1-24-15-5-4-12(19)10-13(15)17(23)21-18-22(8-3-2-7-20)14-6-9-25-11-16(14)26-18/h4-5,10H,2-3,6,8-9,11H2,1H3/b21-18-. The van der Waals surface area contributed by atoms with Gasteiger partial charge in [-0.25, -0.2) is 0 Å². The maximum atomic E-state index is 12.7. The number of fused-ring (bicyclic) bond motifs is 1. The molecule has 1 amide bonds. The fourth-order valence-electron chi connectivity index (χ4n) is 2.84. The van der Waals surface area contributed by atoms with Crippen LogP contribution in [0.2, 0.25) is 5.02 Å². The van der Waals surface area contributed by atoms with Crippen molar-refractivity contribution in [2.75, 3.05) is 13.7 Å². The van der Waals surface area contributed by atoms with Gasteiger partial charge in [-0.05, 0) is 24.6 Å². The van der Waals surface area contributed by atoms with Gasteiger partial charge in [-0.3, -0.25) is 4.79 Å². The number of hydrogen-bond donors (Lipinski definition) is 0. The number of hydrogen-bond acceptors (Lipinski definition) is 5. The lowest BCUT2D eigenvalue weighted by molar-refractivity contribution is 0.0994. The smallest absolute Gasteiger partial charge is 0.283 e. The highest BCUT2D eigenvalue weighted by atomic mass is 35.5. The molecule has 0 atom stereocenters. The highest BCUT2D eigenvalue weighted by molar-refractivity contribution is 7.09. The molecule has 26 heavy (non-hydrogen) atoms. The molecule has 2 heterocycles. The van der Waals surface area contributed by atoms with Crippen molar-refractivity contribution >= 4 is 28.8 Å². The Kier molecular flexibility index (Phi) is 6.09. The number of unbranched alkanes of at least 4 members (excludes halogenated alkanes) is 1. The normalized spacial score (nSPS) is 14.0. The fraction of sp³-hybridized carbons (Fsp3) is 0.389. The second-order valence-electron chi connectivity index (χ2n) is 5.73. The number of carbonyl (C=O) groups is 1. The average molecular weight is 392 g/mol. The van der Waals surface area contributed by atoms with E-state index in [4.69, 9.17) is 26.3 Å². The van der Waals surface area contributed by atoms with Gasteiger partial charge in [-0.1, -0.05) is 22.9 Å². The molecule has 0 bridgehead atoms. The summed E-state index contributed by atoms with van der Waals surface area (Å²) in [6, 6.07) is 7.03. The monoisotopic (exact) mass is 391 g/mol. The van der Waals surface area contributed by atoms with Crippen LogP contribution in [0.15, 0.2) is 23.2 Å². The molecule has 1 aromatic heterocycles. The quantitative estimate of drug-likeness (QED) is 0.732. The van der Waals surface area contributed by atoms with Crippen molar-refractivity contribution in [3.8, 4) is 11.8 Å². The minimum atomic E-state index is -0.405. The molecule has 6 nitrogen and oxygen atoms in total. The van der Waals surface area contributed by atoms with Crippen LogP contribution in [0.5, 0.6) is 5.75 Å². The van der Waals surface area contributed by atoms with Crippen molar-refractivity contribution < 1.29 is 14.3 Å². The van der Waals surface area contributed by atoms with E-state index in [0.29, 0.717) is 53.7 Å². The number of rotatable bonds is 5. The van der Waals surface area contributed by atoms with Crippen molar-refractivity contribution in [3.05, 3.63) is 44.2 Å². The predicted molar refractivity (Wildman–Crippen MR) is 98.4 cm³/mol. The highest BCUT2D eigenvalue weighted by Gasteiger charge is 2.19. The van der Waals surface area contributed by atoms with Gasteiger partial charge in [-0.15, -0.1) is 0 Å². The number of nitriles is 1. The molecule has 8 heteroatoms. The van der Waals surface area contributed by atoms with Crippen molar-refractivity contribution in [2.45, 2.75) is 32.4 Å². The molecule has 0 spiro atoms. The van der Waals surface area contributed by atoms with Crippen molar-refractivity contribution in [1.29, 1.82) is 5.26 Å².